The number of benzene rings is 1. The molecule has 1 aliphatic carbocycles. The van der Waals surface area contributed by atoms with Crippen molar-refractivity contribution in [2.75, 3.05) is 18.0 Å². The molecule has 1 fully saturated rings. The Kier molecular flexibility index (Phi) is 6.63. The zero-order valence-corrected chi connectivity index (χ0v) is 18.3. The molecule has 1 saturated carbocycles. The van der Waals surface area contributed by atoms with Gasteiger partial charge in [0, 0.05) is 38.2 Å². The molecule has 2 amide bonds. The lowest BCUT2D eigenvalue weighted by molar-refractivity contribution is -0.126. The number of nitrogens with zero attached hydrogens (tertiary/aromatic N) is 2. The summed E-state index contributed by atoms with van der Waals surface area (Å²) in [5.74, 6) is -0.372. The number of carbonyl (C=O) groups is 2. The summed E-state index contributed by atoms with van der Waals surface area (Å²) in [5.41, 5.74) is 1.34. The Labute approximate surface area is 173 Å². The zero-order chi connectivity index (χ0) is 21.2. The fourth-order valence-corrected chi connectivity index (χ4v) is 5.95. The van der Waals surface area contributed by atoms with Crippen molar-refractivity contribution in [3.63, 3.8) is 0 Å². The van der Waals surface area contributed by atoms with Gasteiger partial charge in [-0.2, -0.15) is 4.31 Å². The molecule has 29 heavy (non-hydrogen) atoms. The molecular formula is C21H31N3O4S. The molecule has 160 valence electrons. The summed E-state index contributed by atoms with van der Waals surface area (Å²) >= 11 is 0. The maximum Gasteiger partial charge on any atom is 0.243 e. The second kappa shape index (κ2) is 8.83. The lowest BCUT2D eigenvalue weighted by Crippen LogP contribution is -2.50. The largest absolute Gasteiger partial charge is 0.352 e. The van der Waals surface area contributed by atoms with Crippen LogP contribution in [0.25, 0.3) is 0 Å². The first-order valence-corrected chi connectivity index (χ1v) is 12.0. The smallest absolute Gasteiger partial charge is 0.243 e. The molecule has 1 heterocycles. The van der Waals surface area contributed by atoms with Crippen molar-refractivity contribution in [2.24, 2.45) is 0 Å². The molecule has 8 heteroatoms. The fourth-order valence-electron chi connectivity index (χ4n) is 4.44. The van der Waals surface area contributed by atoms with Crippen LogP contribution in [0.15, 0.2) is 23.1 Å². The number of nitrogens with one attached hydrogen (secondary N) is 1. The van der Waals surface area contributed by atoms with Crippen molar-refractivity contribution in [1.82, 2.24) is 9.62 Å². The van der Waals surface area contributed by atoms with E-state index < -0.39 is 16.1 Å². The average Bonchev–Trinajstić information content (AvgIpc) is 3.08. The van der Waals surface area contributed by atoms with Gasteiger partial charge in [0.15, 0.2) is 0 Å². The third kappa shape index (κ3) is 4.33. The van der Waals surface area contributed by atoms with Crippen molar-refractivity contribution >= 4 is 27.5 Å². The van der Waals surface area contributed by atoms with Crippen LogP contribution in [0, 0.1) is 0 Å². The highest BCUT2D eigenvalue weighted by Crippen LogP contribution is 2.35. The van der Waals surface area contributed by atoms with Gasteiger partial charge >= 0.3 is 0 Å². The Morgan fingerprint density at radius 1 is 1.14 bits per heavy atom. The molecule has 7 nitrogen and oxygen atoms in total. The predicted molar refractivity (Wildman–Crippen MR) is 112 cm³/mol. The van der Waals surface area contributed by atoms with Gasteiger partial charge in [0.1, 0.15) is 6.04 Å². The summed E-state index contributed by atoms with van der Waals surface area (Å²) in [4.78, 5) is 27.0. The first kappa shape index (κ1) is 21.8. The number of hydrogen-bond acceptors (Lipinski definition) is 4. The quantitative estimate of drug-likeness (QED) is 0.764. The highest BCUT2D eigenvalue weighted by Gasteiger charge is 2.38. The van der Waals surface area contributed by atoms with Crippen LogP contribution in [-0.4, -0.2) is 49.7 Å². The number of amides is 2. The molecule has 1 atom stereocenters. The van der Waals surface area contributed by atoms with Gasteiger partial charge in [-0.3, -0.25) is 14.5 Å². The Morgan fingerprint density at radius 3 is 2.38 bits per heavy atom. The van der Waals surface area contributed by atoms with Crippen LogP contribution in [0.3, 0.4) is 0 Å². The van der Waals surface area contributed by atoms with Crippen LogP contribution >= 0.6 is 0 Å². The van der Waals surface area contributed by atoms with Gasteiger partial charge in [0.2, 0.25) is 21.8 Å². The number of carbonyl (C=O) groups excluding carboxylic acids is 2. The molecule has 3 rings (SSSR count). The fraction of sp³-hybridized carbons (Fsp3) is 0.619. The van der Waals surface area contributed by atoms with E-state index in [9.17, 15) is 18.0 Å². The molecule has 2 aliphatic rings. The molecule has 1 aromatic carbocycles. The van der Waals surface area contributed by atoms with Crippen molar-refractivity contribution in [3.8, 4) is 0 Å². The molecule has 0 aromatic heterocycles. The molecule has 1 N–H and O–H groups in total. The monoisotopic (exact) mass is 421 g/mol. The summed E-state index contributed by atoms with van der Waals surface area (Å²) < 4.78 is 27.1. The molecule has 0 bridgehead atoms. The number of rotatable bonds is 6. The Balaban J connectivity index is 1.86. The summed E-state index contributed by atoms with van der Waals surface area (Å²) in [5, 5.41) is 3.10. The third-order valence-electron chi connectivity index (χ3n) is 5.97. The molecule has 1 unspecified atom stereocenters. The number of sulfonamides is 1. The second-order valence-corrected chi connectivity index (χ2v) is 9.77. The van der Waals surface area contributed by atoms with Crippen molar-refractivity contribution in [3.05, 3.63) is 23.8 Å². The van der Waals surface area contributed by atoms with E-state index in [1.165, 1.54) is 28.6 Å². The summed E-state index contributed by atoms with van der Waals surface area (Å²) in [6, 6.07) is 4.33. The van der Waals surface area contributed by atoms with Crippen molar-refractivity contribution < 1.29 is 18.0 Å². The van der Waals surface area contributed by atoms with Gasteiger partial charge in [-0.15, -0.1) is 0 Å². The second-order valence-electron chi connectivity index (χ2n) is 7.83. The zero-order valence-electron chi connectivity index (χ0n) is 17.5. The van der Waals surface area contributed by atoms with Crippen molar-refractivity contribution in [1.29, 1.82) is 0 Å². The van der Waals surface area contributed by atoms with E-state index in [0.717, 1.165) is 31.2 Å². The van der Waals surface area contributed by atoms with E-state index in [-0.39, 0.29) is 22.8 Å². The molecule has 0 radical (unpaired) electrons. The maximum absolute atomic E-state index is 12.9. The minimum Gasteiger partial charge on any atom is -0.352 e. The topological polar surface area (TPSA) is 86.8 Å². The van der Waals surface area contributed by atoms with Gasteiger partial charge in [-0.25, -0.2) is 8.42 Å². The highest BCUT2D eigenvalue weighted by atomic mass is 32.2. The average molecular weight is 422 g/mol. The lowest BCUT2D eigenvalue weighted by Gasteiger charge is -2.28. The van der Waals surface area contributed by atoms with Gasteiger partial charge in [-0.1, -0.05) is 33.1 Å². The van der Waals surface area contributed by atoms with Gasteiger partial charge in [-0.05, 0) is 36.6 Å². The summed E-state index contributed by atoms with van der Waals surface area (Å²) in [6.07, 6.45) is 5.69. The minimum absolute atomic E-state index is 0.156. The Morgan fingerprint density at radius 2 is 1.79 bits per heavy atom. The van der Waals surface area contributed by atoms with Crippen LogP contribution < -0.4 is 10.2 Å². The number of fused-ring (bicyclic) bond motifs is 1. The molecule has 0 saturated heterocycles. The molecular weight excluding hydrogens is 390 g/mol. The maximum atomic E-state index is 12.9. The standard InChI is InChI=1S/C21H31N3O4S/c1-4-23(5-2)29(27,28)18-11-12-19-16(13-18)14-20(24(19)15(3)25)21(26)22-17-9-7-6-8-10-17/h11-13,17,20H,4-10,14H2,1-3H3,(H,22,26). The van der Waals surface area contributed by atoms with Gasteiger partial charge < -0.3 is 5.32 Å². The summed E-state index contributed by atoms with van der Waals surface area (Å²) in [7, 11) is -3.59. The Hall–Kier alpha value is -1.93. The molecule has 1 aliphatic heterocycles. The van der Waals surface area contributed by atoms with E-state index in [0.29, 0.717) is 25.2 Å². The SMILES string of the molecule is CCN(CC)S(=O)(=O)c1ccc2c(c1)CC(C(=O)NC1CCCCC1)N2C(C)=O. The predicted octanol–water partition coefficient (Wildman–Crippen LogP) is 2.44. The van der Waals surface area contributed by atoms with Crippen LogP contribution in [0.1, 0.15) is 58.4 Å². The number of hydrogen-bond donors (Lipinski definition) is 1. The van der Waals surface area contributed by atoms with Crippen LogP contribution in [0.4, 0.5) is 5.69 Å². The van der Waals surface area contributed by atoms with E-state index in [1.807, 2.05) is 0 Å². The van der Waals surface area contributed by atoms with Gasteiger partial charge in [0.05, 0.1) is 4.90 Å². The first-order chi connectivity index (χ1) is 13.8. The molecule has 0 spiro atoms. The molecule has 1 aromatic rings. The normalized spacial score (nSPS) is 20.0. The number of anilines is 1. The minimum atomic E-state index is -3.59. The van der Waals surface area contributed by atoms with E-state index >= 15 is 0 Å². The Bertz CT molecular complexity index is 874. The van der Waals surface area contributed by atoms with E-state index in [1.54, 1.807) is 26.0 Å². The van der Waals surface area contributed by atoms with Gasteiger partial charge in [0.25, 0.3) is 0 Å². The van der Waals surface area contributed by atoms with Crippen molar-refractivity contribution in [2.45, 2.75) is 76.3 Å². The van der Waals surface area contributed by atoms with Crippen LogP contribution in [0.5, 0.6) is 0 Å². The van der Waals surface area contributed by atoms with E-state index in [4.69, 9.17) is 0 Å². The van der Waals surface area contributed by atoms with Crippen LogP contribution in [0.2, 0.25) is 0 Å². The first-order valence-electron chi connectivity index (χ1n) is 10.5. The third-order valence-corrected chi connectivity index (χ3v) is 8.02. The van der Waals surface area contributed by atoms with Crippen LogP contribution in [-0.2, 0) is 26.0 Å². The highest BCUT2D eigenvalue weighted by molar-refractivity contribution is 7.89. The lowest BCUT2D eigenvalue weighted by atomic mass is 9.95. The van der Waals surface area contributed by atoms with E-state index in [2.05, 4.69) is 5.32 Å². The summed E-state index contributed by atoms with van der Waals surface area (Å²) in [6.45, 7) is 5.83.